The van der Waals surface area contributed by atoms with E-state index in [0.29, 0.717) is 28.6 Å². The maximum atomic E-state index is 12.5. The van der Waals surface area contributed by atoms with Gasteiger partial charge in [-0.05, 0) is 73.2 Å². The lowest BCUT2D eigenvalue weighted by Gasteiger charge is -2.14. The minimum absolute atomic E-state index is 0.362. The maximum absolute atomic E-state index is 12.5. The molecule has 0 saturated heterocycles. The number of nitrogens with zero attached hydrogens (tertiary/aromatic N) is 3. The molecule has 1 aliphatic carbocycles. The van der Waals surface area contributed by atoms with Crippen LogP contribution in [0.25, 0.3) is 50.7 Å². The Morgan fingerprint density at radius 2 is 1.67 bits per heavy atom. The van der Waals surface area contributed by atoms with Crippen LogP contribution in [0.5, 0.6) is 0 Å². The van der Waals surface area contributed by atoms with Gasteiger partial charge in [0.15, 0.2) is 5.76 Å². The highest BCUT2D eigenvalue weighted by Gasteiger charge is 2.25. The molecule has 0 bridgehead atoms. The Kier molecular flexibility index (Phi) is 5.59. The standard InChI is InChI=1S/C33H25N3O3/c37-33(38)30-25-14-7-8-16-27(25)34-31-22(11-4-6-15-26(30)31)18-23-20-36(24-12-2-1-3-13-24)35-32(23)29-19-21-10-5-9-17-28(21)39-29/h1-3,5,7-10,12-14,16-20H,4,6,11,15H2,(H,37,38)/b22-18+. The molecule has 0 amide bonds. The molecule has 0 unspecified atom stereocenters. The molecule has 0 saturated carbocycles. The molecule has 3 aromatic heterocycles. The maximum Gasteiger partial charge on any atom is 0.336 e. The van der Waals surface area contributed by atoms with Crippen molar-refractivity contribution in [2.75, 3.05) is 0 Å². The number of aromatic nitrogens is 3. The van der Waals surface area contributed by atoms with Gasteiger partial charge in [0.25, 0.3) is 0 Å². The summed E-state index contributed by atoms with van der Waals surface area (Å²) in [5.41, 5.74) is 7.02. The van der Waals surface area contributed by atoms with E-state index >= 15 is 0 Å². The van der Waals surface area contributed by atoms with Crippen LogP contribution < -0.4 is 0 Å². The van der Waals surface area contributed by atoms with E-state index in [1.165, 1.54) is 0 Å². The lowest BCUT2D eigenvalue weighted by atomic mass is 9.94. The first-order chi connectivity index (χ1) is 19.2. The Balaban J connectivity index is 1.46. The average Bonchev–Trinajstić information content (AvgIpc) is 3.53. The number of pyridine rings is 1. The Labute approximate surface area is 224 Å². The van der Waals surface area contributed by atoms with Crippen molar-refractivity contribution in [1.29, 1.82) is 0 Å². The third-order valence-electron chi connectivity index (χ3n) is 7.39. The number of furan rings is 1. The molecule has 6 nitrogen and oxygen atoms in total. The summed E-state index contributed by atoms with van der Waals surface area (Å²) < 4.78 is 8.10. The number of carboxylic acid groups (broad SMARTS) is 1. The highest BCUT2D eigenvalue weighted by atomic mass is 16.4. The van der Waals surface area contributed by atoms with Gasteiger partial charge >= 0.3 is 5.97 Å². The largest absolute Gasteiger partial charge is 0.478 e. The van der Waals surface area contributed by atoms with Gasteiger partial charge in [-0.15, -0.1) is 0 Å². The first-order valence-electron chi connectivity index (χ1n) is 13.2. The van der Waals surface area contributed by atoms with Crippen LogP contribution >= 0.6 is 0 Å². The van der Waals surface area contributed by atoms with Crippen molar-refractivity contribution in [3.8, 4) is 17.1 Å². The van der Waals surface area contributed by atoms with Gasteiger partial charge in [0.2, 0.25) is 0 Å². The summed E-state index contributed by atoms with van der Waals surface area (Å²) in [6.45, 7) is 0. The Bertz CT molecular complexity index is 1860. The van der Waals surface area contributed by atoms with Crippen LogP contribution in [0.1, 0.15) is 46.4 Å². The van der Waals surface area contributed by atoms with Gasteiger partial charge in [-0.1, -0.05) is 54.6 Å². The van der Waals surface area contributed by atoms with Crippen molar-refractivity contribution in [3.63, 3.8) is 0 Å². The van der Waals surface area contributed by atoms with Gasteiger partial charge in [-0.25, -0.2) is 14.5 Å². The Morgan fingerprint density at radius 1 is 0.897 bits per heavy atom. The minimum Gasteiger partial charge on any atom is -0.478 e. The lowest BCUT2D eigenvalue weighted by Crippen LogP contribution is -2.08. The molecule has 1 N–H and O–H groups in total. The van der Waals surface area contributed by atoms with Gasteiger partial charge in [-0.2, -0.15) is 5.10 Å². The van der Waals surface area contributed by atoms with Gasteiger partial charge in [-0.3, -0.25) is 0 Å². The molecule has 3 heterocycles. The van der Waals surface area contributed by atoms with Gasteiger partial charge in [0.1, 0.15) is 11.3 Å². The molecular weight excluding hydrogens is 486 g/mol. The summed E-state index contributed by atoms with van der Waals surface area (Å²) in [5.74, 6) is -0.227. The molecule has 0 aliphatic heterocycles. The Hall–Kier alpha value is -4.97. The number of benzene rings is 3. The predicted molar refractivity (Wildman–Crippen MR) is 153 cm³/mol. The Morgan fingerprint density at radius 3 is 2.51 bits per heavy atom. The zero-order chi connectivity index (χ0) is 26.3. The first kappa shape index (κ1) is 23.2. The number of aromatic carboxylic acids is 1. The van der Waals surface area contributed by atoms with Crippen LogP contribution in [0.3, 0.4) is 0 Å². The number of para-hydroxylation sites is 3. The van der Waals surface area contributed by atoms with Gasteiger partial charge in [0, 0.05) is 22.5 Å². The van der Waals surface area contributed by atoms with E-state index in [0.717, 1.165) is 64.0 Å². The molecule has 1 aliphatic rings. The van der Waals surface area contributed by atoms with Crippen molar-refractivity contribution < 1.29 is 14.3 Å². The summed E-state index contributed by atoms with van der Waals surface area (Å²) in [5, 5.41) is 16.9. The number of fused-ring (bicyclic) bond motifs is 3. The van der Waals surface area contributed by atoms with E-state index < -0.39 is 5.97 Å². The second-order valence-corrected chi connectivity index (χ2v) is 9.87. The number of allylic oxidation sites excluding steroid dienone is 1. The molecule has 0 fully saturated rings. The first-order valence-corrected chi connectivity index (χ1v) is 13.2. The fourth-order valence-electron chi connectivity index (χ4n) is 5.56. The van der Waals surface area contributed by atoms with E-state index in [9.17, 15) is 9.90 Å². The van der Waals surface area contributed by atoms with Crippen LogP contribution in [0.15, 0.2) is 95.5 Å². The zero-order valence-corrected chi connectivity index (χ0v) is 21.2. The van der Waals surface area contributed by atoms with Crippen molar-refractivity contribution in [1.82, 2.24) is 14.8 Å². The topological polar surface area (TPSA) is 81.1 Å². The number of hydrogen-bond donors (Lipinski definition) is 1. The second kappa shape index (κ2) is 9.40. The highest BCUT2D eigenvalue weighted by molar-refractivity contribution is 6.06. The van der Waals surface area contributed by atoms with Crippen molar-refractivity contribution in [2.45, 2.75) is 25.7 Å². The van der Waals surface area contributed by atoms with Gasteiger partial charge in [0.05, 0.1) is 22.5 Å². The predicted octanol–water partition coefficient (Wildman–Crippen LogP) is 7.80. The van der Waals surface area contributed by atoms with Crippen LogP contribution in [0, 0.1) is 0 Å². The zero-order valence-electron chi connectivity index (χ0n) is 21.2. The molecule has 0 atom stereocenters. The summed E-state index contributed by atoms with van der Waals surface area (Å²) >= 11 is 0. The van der Waals surface area contributed by atoms with Crippen molar-refractivity contribution in [2.24, 2.45) is 0 Å². The summed E-state index contributed by atoms with van der Waals surface area (Å²) in [6, 6.07) is 27.4. The van der Waals surface area contributed by atoms with Crippen molar-refractivity contribution >= 4 is 39.5 Å². The van der Waals surface area contributed by atoms with Crippen LogP contribution in [0.4, 0.5) is 0 Å². The minimum atomic E-state index is -0.911. The third-order valence-corrected chi connectivity index (χ3v) is 7.39. The van der Waals surface area contributed by atoms with E-state index in [4.69, 9.17) is 14.5 Å². The number of carbonyl (C=O) groups is 1. The molecule has 0 radical (unpaired) electrons. The molecule has 3 aromatic carbocycles. The van der Waals surface area contributed by atoms with Crippen LogP contribution in [-0.4, -0.2) is 25.8 Å². The normalized spacial score (nSPS) is 14.5. The monoisotopic (exact) mass is 511 g/mol. The van der Waals surface area contributed by atoms with E-state index in [1.807, 2.05) is 95.8 Å². The van der Waals surface area contributed by atoms with E-state index in [-0.39, 0.29) is 0 Å². The molecular formula is C33H25N3O3. The third kappa shape index (κ3) is 4.10. The molecule has 190 valence electrons. The summed E-state index contributed by atoms with van der Waals surface area (Å²) in [7, 11) is 0. The smallest absolute Gasteiger partial charge is 0.336 e. The second-order valence-electron chi connectivity index (χ2n) is 9.87. The average molecular weight is 512 g/mol. The number of hydrogen-bond acceptors (Lipinski definition) is 4. The van der Waals surface area contributed by atoms with Gasteiger partial charge < -0.3 is 9.52 Å². The molecule has 0 spiro atoms. The molecule has 39 heavy (non-hydrogen) atoms. The van der Waals surface area contributed by atoms with Crippen LogP contribution in [-0.2, 0) is 6.42 Å². The van der Waals surface area contributed by atoms with E-state index in [1.54, 1.807) is 0 Å². The lowest BCUT2D eigenvalue weighted by molar-refractivity contribution is 0.0697. The fourth-order valence-corrected chi connectivity index (χ4v) is 5.56. The molecule has 7 rings (SSSR count). The molecule has 6 aromatic rings. The quantitative estimate of drug-likeness (QED) is 0.244. The van der Waals surface area contributed by atoms with E-state index in [2.05, 4.69) is 6.08 Å². The number of rotatable bonds is 4. The SMILES string of the molecule is O=C(O)c1c2c(nc3ccccc13)/C(=C/c1cn(-c3ccccc3)nc1-c1cc3ccccc3o1)CCCC2. The summed E-state index contributed by atoms with van der Waals surface area (Å²) in [6.07, 6.45) is 7.47. The molecule has 6 heteroatoms. The number of carboxylic acids is 1. The van der Waals surface area contributed by atoms with Crippen LogP contribution in [0.2, 0.25) is 0 Å². The summed E-state index contributed by atoms with van der Waals surface area (Å²) in [4.78, 5) is 17.5. The van der Waals surface area contributed by atoms with Crippen molar-refractivity contribution in [3.05, 3.63) is 114 Å². The highest BCUT2D eigenvalue weighted by Crippen LogP contribution is 2.37. The fraction of sp³-hybridized carbons (Fsp3) is 0.121.